The van der Waals surface area contributed by atoms with Gasteiger partial charge in [0.25, 0.3) is 0 Å². The number of carbonyl (C=O) groups is 1. The van der Waals surface area contributed by atoms with Crippen molar-refractivity contribution in [1.82, 2.24) is 0 Å². The molecule has 3 nitrogen and oxygen atoms in total. The van der Waals surface area contributed by atoms with E-state index >= 15 is 0 Å². The highest BCUT2D eigenvalue weighted by Crippen LogP contribution is 2.22. The number of ketones is 1. The molecule has 106 valence electrons. The Morgan fingerprint density at radius 3 is 2.62 bits per heavy atom. The Bertz CT molecular complexity index is 736. The quantitative estimate of drug-likeness (QED) is 0.807. The minimum absolute atomic E-state index is 0.0732. The van der Waals surface area contributed by atoms with Crippen LogP contribution in [0.15, 0.2) is 36.4 Å². The van der Waals surface area contributed by atoms with Gasteiger partial charge in [-0.3, -0.25) is 4.79 Å². The lowest BCUT2D eigenvalue weighted by molar-refractivity contribution is 0.101. The molecule has 0 unspecified atom stereocenters. The van der Waals surface area contributed by atoms with Crippen LogP contribution in [-0.4, -0.2) is 5.78 Å². The molecule has 0 aliphatic heterocycles. The van der Waals surface area contributed by atoms with Crippen LogP contribution in [0.25, 0.3) is 0 Å². The molecular weight excluding hydrogens is 276 g/mol. The number of nitrogens with zero attached hydrogens (tertiary/aromatic N) is 1. The number of hydrogen-bond donors (Lipinski definition) is 0. The largest absolute Gasteiger partial charge is 0.488 e. The maximum Gasteiger partial charge on any atom is 0.163 e. The van der Waals surface area contributed by atoms with E-state index in [9.17, 15) is 13.6 Å². The van der Waals surface area contributed by atoms with Crippen LogP contribution in [0.2, 0.25) is 0 Å². The van der Waals surface area contributed by atoms with Crippen molar-refractivity contribution in [3.05, 3.63) is 64.7 Å². The lowest BCUT2D eigenvalue weighted by Crippen LogP contribution is -2.03. The van der Waals surface area contributed by atoms with Crippen LogP contribution >= 0.6 is 0 Å². The highest BCUT2D eigenvalue weighted by molar-refractivity contribution is 5.96. The standard InChI is InChI=1S/C16H11F2NO2/c1-10(20)15-3-2-13(17)7-16(15)21-9-12-4-11(8-19)5-14(18)6-12/h2-7H,9H2,1H3. The van der Waals surface area contributed by atoms with E-state index in [2.05, 4.69) is 0 Å². The highest BCUT2D eigenvalue weighted by atomic mass is 19.1. The van der Waals surface area contributed by atoms with Gasteiger partial charge in [-0.1, -0.05) is 0 Å². The van der Waals surface area contributed by atoms with Gasteiger partial charge in [0, 0.05) is 6.07 Å². The number of halogens is 2. The fourth-order valence-corrected chi connectivity index (χ4v) is 1.87. The van der Waals surface area contributed by atoms with Crippen LogP contribution in [-0.2, 0) is 6.61 Å². The number of hydrogen-bond acceptors (Lipinski definition) is 3. The van der Waals surface area contributed by atoms with Gasteiger partial charge in [-0.25, -0.2) is 8.78 Å². The average Bonchev–Trinajstić information content (AvgIpc) is 2.44. The number of rotatable bonds is 4. The molecule has 2 aromatic carbocycles. The van der Waals surface area contributed by atoms with Crippen LogP contribution in [0.1, 0.15) is 28.4 Å². The van der Waals surface area contributed by atoms with Crippen LogP contribution in [0.5, 0.6) is 5.75 Å². The van der Waals surface area contributed by atoms with Crippen molar-refractivity contribution in [3.8, 4) is 11.8 Å². The van der Waals surface area contributed by atoms with Gasteiger partial charge < -0.3 is 4.74 Å². The summed E-state index contributed by atoms with van der Waals surface area (Å²) in [6.45, 7) is 1.27. The first-order valence-electron chi connectivity index (χ1n) is 6.12. The Morgan fingerprint density at radius 1 is 1.19 bits per heavy atom. The normalized spacial score (nSPS) is 10.0. The van der Waals surface area contributed by atoms with Gasteiger partial charge in [-0.15, -0.1) is 0 Å². The van der Waals surface area contributed by atoms with E-state index in [-0.39, 0.29) is 29.3 Å². The fraction of sp³-hybridized carbons (Fsp3) is 0.125. The number of Topliss-reactive ketones (excluding diaryl/α,β-unsaturated/α-hetero) is 1. The number of carbonyl (C=O) groups excluding carboxylic acids is 1. The zero-order valence-electron chi connectivity index (χ0n) is 11.2. The first kappa shape index (κ1) is 14.7. The second-order valence-electron chi connectivity index (χ2n) is 4.45. The predicted molar refractivity (Wildman–Crippen MR) is 71.9 cm³/mol. The molecule has 0 aliphatic carbocycles. The lowest BCUT2D eigenvalue weighted by Gasteiger charge is -2.10. The van der Waals surface area contributed by atoms with Crippen LogP contribution < -0.4 is 4.74 Å². The molecule has 0 atom stereocenters. The zero-order chi connectivity index (χ0) is 15.4. The molecule has 2 rings (SSSR count). The third-order valence-corrected chi connectivity index (χ3v) is 2.80. The third-order valence-electron chi connectivity index (χ3n) is 2.80. The molecule has 0 radical (unpaired) electrons. The second kappa shape index (κ2) is 6.14. The summed E-state index contributed by atoms with van der Waals surface area (Å²) < 4.78 is 31.9. The molecule has 5 heteroatoms. The molecule has 2 aromatic rings. The minimum atomic E-state index is -0.557. The molecule has 0 aromatic heterocycles. The number of benzene rings is 2. The summed E-state index contributed by atoms with van der Waals surface area (Å²) in [5, 5.41) is 8.77. The van der Waals surface area contributed by atoms with E-state index < -0.39 is 11.6 Å². The minimum Gasteiger partial charge on any atom is -0.488 e. The second-order valence-corrected chi connectivity index (χ2v) is 4.45. The van der Waals surface area contributed by atoms with Gasteiger partial charge in [0.2, 0.25) is 0 Å². The SMILES string of the molecule is CC(=O)c1ccc(F)cc1OCc1cc(F)cc(C#N)c1. The summed E-state index contributed by atoms with van der Waals surface area (Å²) in [6, 6.07) is 9.22. The van der Waals surface area contributed by atoms with E-state index in [1.165, 1.54) is 31.2 Å². The average molecular weight is 287 g/mol. The Labute approximate surface area is 120 Å². The van der Waals surface area contributed by atoms with Gasteiger partial charge >= 0.3 is 0 Å². The molecule has 0 N–H and O–H groups in total. The molecule has 0 bridgehead atoms. The van der Waals surface area contributed by atoms with E-state index in [4.69, 9.17) is 10.00 Å². The number of ether oxygens (including phenoxy) is 1. The Morgan fingerprint density at radius 2 is 1.95 bits per heavy atom. The summed E-state index contributed by atoms with van der Waals surface area (Å²) in [4.78, 5) is 11.4. The summed E-state index contributed by atoms with van der Waals surface area (Å²) in [6.07, 6.45) is 0. The maximum absolute atomic E-state index is 13.3. The van der Waals surface area contributed by atoms with Crippen molar-refractivity contribution in [2.24, 2.45) is 0 Å². The molecular formula is C16H11F2NO2. The fourth-order valence-electron chi connectivity index (χ4n) is 1.87. The Kier molecular flexibility index (Phi) is 4.29. The van der Waals surface area contributed by atoms with E-state index in [0.717, 1.165) is 12.1 Å². The summed E-state index contributed by atoms with van der Waals surface area (Å²) in [7, 11) is 0. The van der Waals surface area contributed by atoms with Gasteiger partial charge in [-0.2, -0.15) is 5.26 Å². The zero-order valence-corrected chi connectivity index (χ0v) is 11.2. The third kappa shape index (κ3) is 3.63. The smallest absolute Gasteiger partial charge is 0.163 e. The maximum atomic E-state index is 13.3. The van der Waals surface area contributed by atoms with Crippen molar-refractivity contribution < 1.29 is 18.3 Å². The van der Waals surface area contributed by atoms with Crippen molar-refractivity contribution >= 4 is 5.78 Å². The van der Waals surface area contributed by atoms with Crippen LogP contribution in [0.4, 0.5) is 8.78 Å². The summed E-state index contributed by atoms with van der Waals surface area (Å²) >= 11 is 0. The van der Waals surface area contributed by atoms with E-state index in [1.54, 1.807) is 0 Å². The Hall–Kier alpha value is -2.74. The predicted octanol–water partition coefficient (Wildman–Crippen LogP) is 3.62. The van der Waals surface area contributed by atoms with Crippen molar-refractivity contribution in [2.75, 3.05) is 0 Å². The first-order chi connectivity index (χ1) is 9.99. The van der Waals surface area contributed by atoms with Gasteiger partial charge in [0.1, 0.15) is 24.0 Å². The molecule has 0 saturated carbocycles. The van der Waals surface area contributed by atoms with Crippen molar-refractivity contribution in [1.29, 1.82) is 5.26 Å². The monoisotopic (exact) mass is 287 g/mol. The summed E-state index contributed by atoms with van der Waals surface area (Å²) in [5.41, 5.74) is 0.832. The number of nitriles is 1. The Balaban J connectivity index is 2.24. The molecule has 0 fully saturated rings. The molecule has 0 spiro atoms. The highest BCUT2D eigenvalue weighted by Gasteiger charge is 2.10. The van der Waals surface area contributed by atoms with Crippen molar-refractivity contribution in [2.45, 2.75) is 13.5 Å². The molecule has 0 amide bonds. The lowest BCUT2D eigenvalue weighted by atomic mass is 10.1. The molecule has 0 heterocycles. The van der Waals surface area contributed by atoms with Gasteiger partial charge in [-0.05, 0) is 42.8 Å². The van der Waals surface area contributed by atoms with Gasteiger partial charge in [0.15, 0.2) is 5.78 Å². The van der Waals surface area contributed by atoms with E-state index in [1.807, 2.05) is 6.07 Å². The first-order valence-corrected chi connectivity index (χ1v) is 6.12. The molecule has 0 aliphatic rings. The van der Waals surface area contributed by atoms with Crippen molar-refractivity contribution in [3.63, 3.8) is 0 Å². The molecule has 0 saturated heterocycles. The van der Waals surface area contributed by atoms with Gasteiger partial charge in [0.05, 0.1) is 17.2 Å². The summed E-state index contributed by atoms with van der Waals surface area (Å²) in [5.74, 6) is -1.27. The topological polar surface area (TPSA) is 50.1 Å². The van der Waals surface area contributed by atoms with Crippen LogP contribution in [0.3, 0.4) is 0 Å². The molecule has 21 heavy (non-hydrogen) atoms. The van der Waals surface area contributed by atoms with E-state index in [0.29, 0.717) is 5.56 Å². The van der Waals surface area contributed by atoms with Crippen LogP contribution in [0, 0.1) is 23.0 Å².